The topological polar surface area (TPSA) is 68.5 Å². The van der Waals surface area contributed by atoms with Gasteiger partial charge in [0, 0.05) is 25.7 Å². The predicted molar refractivity (Wildman–Crippen MR) is 112 cm³/mol. The van der Waals surface area contributed by atoms with Crippen LogP contribution in [0.4, 0.5) is 11.8 Å². The highest BCUT2D eigenvalue weighted by atomic mass is 16.5. The quantitative estimate of drug-likeness (QED) is 0.675. The van der Waals surface area contributed by atoms with Gasteiger partial charge in [0.1, 0.15) is 18.0 Å². The molecule has 0 saturated carbocycles. The van der Waals surface area contributed by atoms with E-state index in [1.807, 2.05) is 29.1 Å². The summed E-state index contributed by atoms with van der Waals surface area (Å²) in [6.07, 6.45) is 1.97. The molecular weight excluding hydrogens is 368 g/mol. The fourth-order valence-corrected chi connectivity index (χ4v) is 3.97. The zero-order valence-corrected chi connectivity index (χ0v) is 16.9. The first-order chi connectivity index (χ1) is 14.2. The summed E-state index contributed by atoms with van der Waals surface area (Å²) in [5.74, 6) is 2.50. The second kappa shape index (κ2) is 7.61. The standard InChI is InChI=1S/C21H26N6O2/c1-15-16(2)29-12-9-26(15)21-23-19(25-7-10-28-11-8-25)13-20(24-21)27-14-22-17-5-3-4-6-18(17)27/h3-6,13-16H,7-12H2,1-2H3. The first-order valence-corrected chi connectivity index (χ1v) is 10.2. The third-order valence-corrected chi connectivity index (χ3v) is 5.86. The van der Waals surface area contributed by atoms with Crippen LogP contribution in [0.5, 0.6) is 0 Å². The van der Waals surface area contributed by atoms with Crippen molar-refractivity contribution in [2.24, 2.45) is 0 Å². The SMILES string of the molecule is CC1OCCN(c2nc(N3CCOCC3)cc(-n3cnc4ccccc43)n2)C1C. The molecule has 8 heteroatoms. The van der Waals surface area contributed by atoms with Crippen LogP contribution in [0, 0.1) is 0 Å². The summed E-state index contributed by atoms with van der Waals surface area (Å²) < 4.78 is 13.4. The maximum atomic E-state index is 5.81. The molecule has 0 spiro atoms. The minimum absolute atomic E-state index is 0.136. The molecule has 0 aliphatic carbocycles. The Balaban J connectivity index is 1.62. The van der Waals surface area contributed by atoms with Gasteiger partial charge in [0.05, 0.1) is 43.0 Å². The highest BCUT2D eigenvalue weighted by Gasteiger charge is 2.29. The van der Waals surface area contributed by atoms with Crippen molar-refractivity contribution in [1.82, 2.24) is 19.5 Å². The van der Waals surface area contributed by atoms with Crippen LogP contribution in [0.1, 0.15) is 13.8 Å². The van der Waals surface area contributed by atoms with Crippen LogP contribution in [0.15, 0.2) is 36.7 Å². The lowest BCUT2D eigenvalue weighted by atomic mass is 10.1. The molecule has 2 aliphatic heterocycles. The number of hydrogen-bond donors (Lipinski definition) is 0. The molecule has 0 bridgehead atoms. The van der Waals surface area contributed by atoms with Crippen molar-refractivity contribution in [1.29, 1.82) is 0 Å². The Labute approximate surface area is 170 Å². The number of morpholine rings is 2. The fourth-order valence-electron chi connectivity index (χ4n) is 3.97. The number of para-hydroxylation sites is 2. The molecule has 2 aromatic heterocycles. The second-order valence-electron chi connectivity index (χ2n) is 7.60. The van der Waals surface area contributed by atoms with Gasteiger partial charge in [-0.2, -0.15) is 9.97 Å². The van der Waals surface area contributed by atoms with Crippen LogP contribution in [0.3, 0.4) is 0 Å². The van der Waals surface area contributed by atoms with Crippen LogP contribution in [0.2, 0.25) is 0 Å². The van der Waals surface area contributed by atoms with Gasteiger partial charge < -0.3 is 19.3 Å². The Kier molecular flexibility index (Phi) is 4.81. The lowest BCUT2D eigenvalue weighted by Gasteiger charge is -2.38. The molecule has 152 valence electrons. The van der Waals surface area contributed by atoms with Gasteiger partial charge in [0.15, 0.2) is 0 Å². The molecular formula is C21H26N6O2. The van der Waals surface area contributed by atoms with Crippen LogP contribution >= 0.6 is 0 Å². The van der Waals surface area contributed by atoms with Gasteiger partial charge in [-0.05, 0) is 26.0 Å². The minimum atomic E-state index is 0.136. The first kappa shape index (κ1) is 18.3. The van der Waals surface area contributed by atoms with Crippen LogP contribution < -0.4 is 9.80 Å². The van der Waals surface area contributed by atoms with Gasteiger partial charge in [0.25, 0.3) is 0 Å². The number of aromatic nitrogens is 4. The molecule has 2 saturated heterocycles. The lowest BCUT2D eigenvalue weighted by Crippen LogP contribution is -2.49. The molecule has 3 aromatic rings. The Morgan fingerprint density at radius 1 is 0.966 bits per heavy atom. The van der Waals surface area contributed by atoms with E-state index < -0.39 is 0 Å². The zero-order chi connectivity index (χ0) is 19.8. The maximum Gasteiger partial charge on any atom is 0.229 e. The summed E-state index contributed by atoms with van der Waals surface area (Å²) in [6, 6.07) is 10.4. The summed E-state index contributed by atoms with van der Waals surface area (Å²) >= 11 is 0. The van der Waals surface area contributed by atoms with E-state index in [0.717, 1.165) is 48.3 Å². The van der Waals surface area contributed by atoms with E-state index in [0.29, 0.717) is 19.8 Å². The largest absolute Gasteiger partial charge is 0.378 e. The molecule has 0 radical (unpaired) electrons. The monoisotopic (exact) mass is 394 g/mol. The Morgan fingerprint density at radius 3 is 2.62 bits per heavy atom. The summed E-state index contributed by atoms with van der Waals surface area (Å²) in [4.78, 5) is 19.0. The van der Waals surface area contributed by atoms with Crippen LogP contribution in [0.25, 0.3) is 16.9 Å². The predicted octanol–water partition coefficient (Wildman–Crippen LogP) is 2.27. The molecule has 1 aromatic carbocycles. The molecule has 5 rings (SSSR count). The lowest BCUT2D eigenvalue weighted by molar-refractivity contribution is 0.0277. The maximum absolute atomic E-state index is 5.81. The molecule has 0 N–H and O–H groups in total. The Hall–Kier alpha value is -2.71. The summed E-state index contributed by atoms with van der Waals surface area (Å²) in [5, 5.41) is 0. The van der Waals surface area contributed by atoms with E-state index >= 15 is 0 Å². The van der Waals surface area contributed by atoms with E-state index in [1.54, 1.807) is 0 Å². The number of fused-ring (bicyclic) bond motifs is 1. The van der Waals surface area contributed by atoms with Crippen LogP contribution in [-0.2, 0) is 9.47 Å². The van der Waals surface area contributed by atoms with Crippen molar-refractivity contribution in [2.75, 3.05) is 49.3 Å². The number of imidazole rings is 1. The molecule has 8 nitrogen and oxygen atoms in total. The van der Waals surface area contributed by atoms with Gasteiger partial charge in [-0.3, -0.25) is 4.57 Å². The molecule has 29 heavy (non-hydrogen) atoms. The van der Waals surface area contributed by atoms with E-state index in [-0.39, 0.29) is 12.1 Å². The van der Waals surface area contributed by atoms with Gasteiger partial charge >= 0.3 is 0 Å². The molecule has 0 amide bonds. The van der Waals surface area contributed by atoms with E-state index in [4.69, 9.17) is 19.4 Å². The third-order valence-electron chi connectivity index (χ3n) is 5.86. The molecule has 2 fully saturated rings. The molecule has 2 unspecified atom stereocenters. The van der Waals surface area contributed by atoms with Gasteiger partial charge in [0.2, 0.25) is 5.95 Å². The number of anilines is 2. The van der Waals surface area contributed by atoms with Crippen molar-refractivity contribution in [2.45, 2.75) is 26.0 Å². The van der Waals surface area contributed by atoms with Crippen molar-refractivity contribution in [3.05, 3.63) is 36.7 Å². The van der Waals surface area contributed by atoms with Crippen molar-refractivity contribution >= 4 is 22.8 Å². The number of benzene rings is 1. The average Bonchev–Trinajstić information content (AvgIpc) is 3.20. The fraction of sp³-hybridized carbons (Fsp3) is 0.476. The Bertz CT molecular complexity index is 1000. The number of rotatable bonds is 3. The van der Waals surface area contributed by atoms with Gasteiger partial charge in [-0.25, -0.2) is 4.98 Å². The van der Waals surface area contributed by atoms with Crippen LogP contribution in [-0.4, -0.2) is 71.1 Å². The highest BCUT2D eigenvalue weighted by molar-refractivity contribution is 5.77. The van der Waals surface area contributed by atoms with E-state index in [1.165, 1.54) is 0 Å². The number of hydrogen-bond acceptors (Lipinski definition) is 7. The van der Waals surface area contributed by atoms with E-state index in [2.05, 4.69) is 40.8 Å². The van der Waals surface area contributed by atoms with E-state index in [9.17, 15) is 0 Å². The van der Waals surface area contributed by atoms with Gasteiger partial charge in [-0.15, -0.1) is 0 Å². The zero-order valence-electron chi connectivity index (χ0n) is 16.9. The van der Waals surface area contributed by atoms with Crippen molar-refractivity contribution in [3.8, 4) is 5.82 Å². The molecule has 2 atom stereocenters. The minimum Gasteiger partial charge on any atom is -0.378 e. The Morgan fingerprint density at radius 2 is 1.76 bits per heavy atom. The smallest absolute Gasteiger partial charge is 0.229 e. The second-order valence-corrected chi connectivity index (χ2v) is 7.60. The first-order valence-electron chi connectivity index (χ1n) is 10.2. The van der Waals surface area contributed by atoms with Crippen molar-refractivity contribution < 1.29 is 9.47 Å². The van der Waals surface area contributed by atoms with Gasteiger partial charge in [-0.1, -0.05) is 12.1 Å². The molecule has 2 aliphatic rings. The highest BCUT2D eigenvalue weighted by Crippen LogP contribution is 2.26. The summed E-state index contributed by atoms with van der Waals surface area (Å²) in [6.45, 7) is 8.82. The summed E-state index contributed by atoms with van der Waals surface area (Å²) in [5.41, 5.74) is 1.99. The number of nitrogens with zero attached hydrogens (tertiary/aromatic N) is 6. The average molecular weight is 394 g/mol. The number of ether oxygens (including phenoxy) is 2. The third kappa shape index (κ3) is 3.42. The normalized spacial score (nSPS) is 23.0. The van der Waals surface area contributed by atoms with Crippen molar-refractivity contribution in [3.63, 3.8) is 0 Å². The summed E-state index contributed by atoms with van der Waals surface area (Å²) in [7, 11) is 0. The molecule has 4 heterocycles.